The van der Waals surface area contributed by atoms with Crippen LogP contribution in [0.4, 0.5) is 17.1 Å². The van der Waals surface area contributed by atoms with Crippen LogP contribution in [0.5, 0.6) is 11.5 Å². The lowest BCUT2D eigenvalue weighted by Gasteiger charge is -2.44. The normalized spacial score (nSPS) is 14.2. The minimum Gasteiger partial charge on any atom is -0.456 e. The van der Waals surface area contributed by atoms with E-state index in [4.69, 9.17) is 9.15 Å². The number of rotatable bonds is 7. The van der Waals surface area contributed by atoms with E-state index in [1.807, 2.05) is 54.3 Å². The number of carbonyl (C=O) groups is 1. The van der Waals surface area contributed by atoms with Crippen molar-refractivity contribution in [1.29, 1.82) is 0 Å². The minimum atomic E-state index is -1.03. The lowest BCUT2D eigenvalue weighted by Crippen LogP contribution is -2.47. The monoisotopic (exact) mass is 599 g/mol. The van der Waals surface area contributed by atoms with Crippen LogP contribution in [0.1, 0.15) is 60.3 Å². The molecule has 0 fully saturated rings. The number of nitrogens with zero attached hydrogens (tertiary/aromatic N) is 3. The summed E-state index contributed by atoms with van der Waals surface area (Å²) in [5.41, 5.74) is 5.85. The molecular formula is C38H37N3O4. The first-order chi connectivity index (χ1) is 21.8. The van der Waals surface area contributed by atoms with Gasteiger partial charge in [0.05, 0.1) is 0 Å². The number of hydrogen-bond acceptors (Lipinski definition) is 6. The van der Waals surface area contributed by atoms with Crippen LogP contribution >= 0.6 is 0 Å². The number of anilines is 3. The summed E-state index contributed by atoms with van der Waals surface area (Å²) in [5.74, 6) is 1.29. The molecule has 228 valence electrons. The fraction of sp³-hybridized carbons (Fsp3) is 0.263. The van der Waals surface area contributed by atoms with Crippen LogP contribution in [-0.2, 0) is 5.54 Å². The first kappa shape index (κ1) is 28.7. The molecule has 7 nitrogen and oxygen atoms in total. The van der Waals surface area contributed by atoms with Gasteiger partial charge in [-0.1, -0.05) is 30.3 Å². The Morgan fingerprint density at radius 2 is 1.29 bits per heavy atom. The molecule has 1 amide bonds. The Kier molecular flexibility index (Phi) is 6.92. The fourth-order valence-corrected chi connectivity index (χ4v) is 7.30. The second kappa shape index (κ2) is 10.8. The van der Waals surface area contributed by atoms with Gasteiger partial charge in [0.25, 0.3) is 5.91 Å². The predicted molar refractivity (Wildman–Crippen MR) is 180 cm³/mol. The van der Waals surface area contributed by atoms with Gasteiger partial charge in [0.15, 0.2) is 0 Å². The molecule has 0 unspecified atom stereocenters. The summed E-state index contributed by atoms with van der Waals surface area (Å²) in [6.07, 6.45) is 0. The van der Waals surface area contributed by atoms with Crippen LogP contribution in [0.25, 0.3) is 11.0 Å². The molecule has 4 aromatic carbocycles. The van der Waals surface area contributed by atoms with E-state index in [9.17, 15) is 9.59 Å². The van der Waals surface area contributed by atoms with Crippen molar-refractivity contribution in [2.45, 2.75) is 40.2 Å². The van der Waals surface area contributed by atoms with Gasteiger partial charge in [-0.05, 0) is 70.5 Å². The van der Waals surface area contributed by atoms with E-state index in [1.165, 1.54) is 6.07 Å². The zero-order valence-corrected chi connectivity index (χ0v) is 26.4. The molecule has 0 saturated heterocycles. The molecule has 0 N–H and O–H groups in total. The summed E-state index contributed by atoms with van der Waals surface area (Å²) < 4.78 is 12.5. The molecule has 3 heterocycles. The van der Waals surface area contributed by atoms with Gasteiger partial charge in [-0.15, -0.1) is 0 Å². The van der Waals surface area contributed by atoms with Gasteiger partial charge in [-0.2, -0.15) is 0 Å². The summed E-state index contributed by atoms with van der Waals surface area (Å²) in [7, 11) is 0. The van der Waals surface area contributed by atoms with E-state index in [1.54, 1.807) is 0 Å². The quantitative estimate of drug-likeness (QED) is 0.178. The lowest BCUT2D eigenvalue weighted by molar-refractivity contribution is 0.0986. The molecule has 45 heavy (non-hydrogen) atoms. The molecule has 2 aliphatic heterocycles. The van der Waals surface area contributed by atoms with E-state index < -0.39 is 11.2 Å². The molecule has 5 aromatic rings. The van der Waals surface area contributed by atoms with Gasteiger partial charge in [-0.3, -0.25) is 9.69 Å². The fourth-order valence-electron chi connectivity index (χ4n) is 7.30. The van der Waals surface area contributed by atoms with Crippen LogP contribution < -0.4 is 25.1 Å². The highest BCUT2D eigenvalue weighted by Crippen LogP contribution is 2.59. The van der Waals surface area contributed by atoms with E-state index >= 15 is 0 Å². The predicted octanol–water partition coefficient (Wildman–Crippen LogP) is 7.85. The molecule has 0 saturated carbocycles. The Morgan fingerprint density at radius 3 is 1.89 bits per heavy atom. The van der Waals surface area contributed by atoms with E-state index in [0.29, 0.717) is 28.3 Å². The molecule has 0 atom stereocenters. The highest BCUT2D eigenvalue weighted by molar-refractivity contribution is 6.14. The Labute approximate surface area is 263 Å². The molecule has 0 bridgehead atoms. The van der Waals surface area contributed by atoms with E-state index in [2.05, 4.69) is 73.9 Å². The first-order valence-corrected chi connectivity index (χ1v) is 15.8. The average Bonchev–Trinajstić information content (AvgIpc) is 3.30. The maximum Gasteiger partial charge on any atom is 0.336 e. The number of hydrogen-bond donors (Lipinski definition) is 0. The van der Waals surface area contributed by atoms with E-state index in [0.717, 1.165) is 65.2 Å². The zero-order valence-electron chi connectivity index (χ0n) is 26.4. The molecule has 1 spiro atoms. The Balaban J connectivity index is 1.57. The molecule has 0 radical (unpaired) electrons. The smallest absolute Gasteiger partial charge is 0.336 e. The molecule has 2 aliphatic rings. The third kappa shape index (κ3) is 4.17. The highest BCUT2D eigenvalue weighted by Gasteiger charge is 2.57. The van der Waals surface area contributed by atoms with Crippen LogP contribution in [0, 0.1) is 6.92 Å². The van der Waals surface area contributed by atoms with Gasteiger partial charge >= 0.3 is 5.63 Å². The van der Waals surface area contributed by atoms with Crippen molar-refractivity contribution < 1.29 is 13.9 Å². The number of benzene rings is 4. The second-order valence-electron chi connectivity index (χ2n) is 11.6. The van der Waals surface area contributed by atoms with Crippen LogP contribution in [0.2, 0.25) is 0 Å². The van der Waals surface area contributed by atoms with Crippen molar-refractivity contribution in [3.8, 4) is 11.5 Å². The third-order valence-corrected chi connectivity index (χ3v) is 9.47. The second-order valence-corrected chi connectivity index (χ2v) is 11.6. The number of carbonyl (C=O) groups excluding carboxylic acids is 1. The lowest BCUT2D eigenvalue weighted by atomic mass is 9.74. The summed E-state index contributed by atoms with van der Waals surface area (Å²) in [6.45, 7) is 13.9. The van der Waals surface area contributed by atoms with E-state index in [-0.39, 0.29) is 5.91 Å². The number of ether oxygens (including phenoxy) is 1. The number of aryl methyl sites for hydroxylation is 1. The maximum absolute atomic E-state index is 14.7. The van der Waals surface area contributed by atoms with Crippen molar-refractivity contribution in [2.75, 3.05) is 40.9 Å². The standard InChI is InChI=1S/C38H37N3O4/c1-6-39(7-2)25-15-18-31-34(21-25)44-35-22-26(40(8-3)9-4)16-19-32(35)38(31)30-13-11-10-12-29(30)37(43)41(38)27-14-17-28-24(5)20-36(42)45-33(28)23-27/h10-23H,6-9H2,1-5H3. The van der Waals surface area contributed by atoms with Gasteiger partial charge in [0.2, 0.25) is 0 Å². The molecule has 7 heteroatoms. The van der Waals surface area contributed by atoms with Gasteiger partial charge in [0.1, 0.15) is 22.6 Å². The van der Waals surface area contributed by atoms with Crippen molar-refractivity contribution in [2.24, 2.45) is 0 Å². The van der Waals surface area contributed by atoms with Crippen LogP contribution in [0.15, 0.2) is 94.1 Å². The van der Waals surface area contributed by atoms with Crippen molar-refractivity contribution in [3.05, 3.63) is 123 Å². The number of fused-ring (bicyclic) bond motifs is 7. The minimum absolute atomic E-state index is 0.126. The van der Waals surface area contributed by atoms with Crippen molar-refractivity contribution in [1.82, 2.24) is 0 Å². The molecule has 1 aromatic heterocycles. The summed E-state index contributed by atoms with van der Waals surface area (Å²) in [4.78, 5) is 33.5. The third-order valence-electron chi connectivity index (χ3n) is 9.47. The molecular weight excluding hydrogens is 562 g/mol. The summed E-state index contributed by atoms with van der Waals surface area (Å²) in [5, 5.41) is 0.831. The topological polar surface area (TPSA) is 66.2 Å². The zero-order chi connectivity index (χ0) is 31.5. The molecule has 0 aliphatic carbocycles. The summed E-state index contributed by atoms with van der Waals surface area (Å²) in [6, 6.07) is 27.7. The highest BCUT2D eigenvalue weighted by atomic mass is 16.5. The average molecular weight is 600 g/mol. The largest absolute Gasteiger partial charge is 0.456 e. The van der Waals surface area contributed by atoms with Crippen LogP contribution in [-0.4, -0.2) is 32.1 Å². The van der Waals surface area contributed by atoms with Gasteiger partial charge < -0.3 is 19.0 Å². The Morgan fingerprint density at radius 1 is 0.689 bits per heavy atom. The van der Waals surface area contributed by atoms with Gasteiger partial charge in [-0.25, -0.2) is 4.79 Å². The number of amides is 1. The molecule has 7 rings (SSSR count). The SMILES string of the molecule is CCN(CC)c1ccc2c(c1)Oc1cc(N(CC)CC)ccc1C21c2ccccc2C(=O)N1c1ccc2c(C)cc(=O)oc2c1. The van der Waals surface area contributed by atoms with Crippen molar-refractivity contribution in [3.63, 3.8) is 0 Å². The summed E-state index contributed by atoms with van der Waals surface area (Å²) >= 11 is 0. The van der Waals surface area contributed by atoms with Crippen molar-refractivity contribution >= 4 is 33.9 Å². The Hall–Kier alpha value is -5.04. The first-order valence-electron chi connectivity index (χ1n) is 15.8. The van der Waals surface area contributed by atoms with Crippen LogP contribution in [0.3, 0.4) is 0 Å². The maximum atomic E-state index is 14.7. The van der Waals surface area contributed by atoms with Gasteiger partial charge in [0, 0.05) is 95.1 Å². The Bertz CT molecular complexity index is 1960.